The van der Waals surface area contributed by atoms with Gasteiger partial charge in [0.05, 0.1) is 26.6 Å². The van der Waals surface area contributed by atoms with Crippen molar-refractivity contribution in [1.29, 1.82) is 0 Å². The fraction of sp³-hybridized carbons (Fsp3) is 0.440. The van der Waals surface area contributed by atoms with Crippen molar-refractivity contribution in [2.45, 2.75) is 32.1 Å². The summed E-state index contributed by atoms with van der Waals surface area (Å²) >= 11 is 0. The predicted octanol–water partition coefficient (Wildman–Crippen LogP) is 3.40. The molecular formula is C25H32N2O4. The van der Waals surface area contributed by atoms with Crippen molar-refractivity contribution in [1.82, 2.24) is 10.2 Å². The van der Waals surface area contributed by atoms with E-state index < -0.39 is 0 Å². The molecule has 0 bridgehead atoms. The zero-order valence-corrected chi connectivity index (χ0v) is 18.6. The highest BCUT2D eigenvalue weighted by Crippen LogP contribution is 2.39. The molecule has 2 aromatic carbocycles. The fourth-order valence-corrected chi connectivity index (χ4v) is 4.12. The summed E-state index contributed by atoms with van der Waals surface area (Å²) in [4.78, 5) is 27.9. The molecule has 2 atom stereocenters. The molecule has 2 amide bonds. The minimum absolute atomic E-state index is 0.0154. The van der Waals surface area contributed by atoms with Crippen LogP contribution in [-0.4, -0.2) is 50.6 Å². The van der Waals surface area contributed by atoms with Gasteiger partial charge in [0, 0.05) is 31.1 Å². The molecule has 3 rings (SSSR count). The van der Waals surface area contributed by atoms with E-state index in [0.717, 1.165) is 24.0 Å². The predicted molar refractivity (Wildman–Crippen MR) is 120 cm³/mol. The van der Waals surface area contributed by atoms with Crippen LogP contribution in [0.4, 0.5) is 0 Å². The molecule has 0 saturated carbocycles. The molecule has 0 radical (unpaired) electrons. The number of nitrogens with one attached hydrogen (secondary N) is 1. The lowest BCUT2D eigenvalue weighted by molar-refractivity contribution is -0.130. The van der Waals surface area contributed by atoms with Gasteiger partial charge in [-0.25, -0.2) is 0 Å². The van der Waals surface area contributed by atoms with Gasteiger partial charge in [0.2, 0.25) is 11.8 Å². The van der Waals surface area contributed by atoms with E-state index in [1.54, 1.807) is 19.1 Å². The topological polar surface area (TPSA) is 67.9 Å². The normalized spacial score (nSPS) is 18.0. The van der Waals surface area contributed by atoms with Gasteiger partial charge in [-0.2, -0.15) is 0 Å². The summed E-state index contributed by atoms with van der Waals surface area (Å²) in [5.41, 5.74) is 1.87. The van der Waals surface area contributed by atoms with E-state index >= 15 is 0 Å². The van der Waals surface area contributed by atoms with Gasteiger partial charge in [-0.15, -0.1) is 0 Å². The molecular weight excluding hydrogens is 392 g/mol. The second-order valence-corrected chi connectivity index (χ2v) is 7.93. The number of amides is 2. The van der Waals surface area contributed by atoms with Gasteiger partial charge in [0.15, 0.2) is 0 Å². The van der Waals surface area contributed by atoms with Gasteiger partial charge in [0.1, 0.15) is 11.5 Å². The standard InChI is InChI=1S/C25H32N2O4/c1-4-5-13-26-25(29)22-17-27(24(28)14-18-9-7-6-8-10-18)16-21(22)20-15-19(30-2)11-12-23(20)31-3/h6-12,15,21-22H,4-5,13-14,16-17H2,1-3H3,(H,26,29)/t21-,22+/m0/s1. The Kier molecular flexibility index (Phi) is 7.93. The number of rotatable bonds is 9. The van der Waals surface area contributed by atoms with Crippen LogP contribution in [0.25, 0.3) is 0 Å². The summed E-state index contributed by atoms with van der Waals surface area (Å²) in [7, 11) is 3.24. The first-order valence-electron chi connectivity index (χ1n) is 10.9. The lowest BCUT2D eigenvalue weighted by atomic mass is 9.87. The number of nitrogens with zero attached hydrogens (tertiary/aromatic N) is 1. The Labute approximate surface area is 184 Å². The largest absolute Gasteiger partial charge is 0.497 e. The summed E-state index contributed by atoms with van der Waals surface area (Å²) in [6.45, 7) is 3.61. The Morgan fingerprint density at radius 2 is 1.84 bits per heavy atom. The number of carbonyl (C=O) groups excluding carboxylic acids is 2. The van der Waals surface area contributed by atoms with E-state index in [1.807, 2.05) is 48.5 Å². The van der Waals surface area contributed by atoms with Crippen molar-refractivity contribution in [2.75, 3.05) is 33.9 Å². The number of hydrogen-bond acceptors (Lipinski definition) is 4. The number of carbonyl (C=O) groups is 2. The highest BCUT2D eigenvalue weighted by atomic mass is 16.5. The molecule has 1 N–H and O–H groups in total. The van der Waals surface area contributed by atoms with Crippen molar-refractivity contribution < 1.29 is 19.1 Å². The first-order valence-corrected chi connectivity index (χ1v) is 10.9. The van der Waals surface area contributed by atoms with E-state index in [1.165, 1.54) is 0 Å². The SMILES string of the molecule is CCCCNC(=O)[C@@H]1CN(C(=O)Cc2ccccc2)C[C@H]1c1cc(OC)ccc1OC. The summed E-state index contributed by atoms with van der Waals surface area (Å²) in [5, 5.41) is 3.05. The number of likely N-dealkylation sites (tertiary alicyclic amines) is 1. The molecule has 2 aromatic rings. The summed E-state index contributed by atoms with van der Waals surface area (Å²) in [5.74, 6) is 0.925. The summed E-state index contributed by atoms with van der Waals surface area (Å²) in [6, 6.07) is 15.3. The van der Waals surface area contributed by atoms with E-state index in [-0.39, 0.29) is 23.7 Å². The van der Waals surface area contributed by atoms with Crippen LogP contribution >= 0.6 is 0 Å². The Hall–Kier alpha value is -3.02. The van der Waals surface area contributed by atoms with Gasteiger partial charge in [-0.1, -0.05) is 43.7 Å². The molecule has 1 aliphatic rings. The number of benzene rings is 2. The zero-order valence-electron chi connectivity index (χ0n) is 18.6. The number of unbranched alkanes of at least 4 members (excludes halogenated alkanes) is 1. The van der Waals surface area contributed by atoms with Crippen LogP contribution < -0.4 is 14.8 Å². The highest BCUT2D eigenvalue weighted by molar-refractivity contribution is 5.84. The van der Waals surface area contributed by atoms with Crippen LogP contribution in [0.2, 0.25) is 0 Å². The quantitative estimate of drug-likeness (QED) is 0.627. The van der Waals surface area contributed by atoms with Gasteiger partial charge in [0.25, 0.3) is 0 Å². The van der Waals surface area contributed by atoms with Gasteiger partial charge >= 0.3 is 0 Å². The maximum Gasteiger partial charge on any atom is 0.227 e. The monoisotopic (exact) mass is 424 g/mol. The Balaban J connectivity index is 1.85. The van der Waals surface area contributed by atoms with Crippen molar-refractivity contribution >= 4 is 11.8 Å². The average Bonchev–Trinajstić information content (AvgIpc) is 3.25. The lowest BCUT2D eigenvalue weighted by Crippen LogP contribution is -2.36. The minimum atomic E-state index is -0.336. The van der Waals surface area contributed by atoms with E-state index in [0.29, 0.717) is 37.6 Å². The third-order valence-electron chi connectivity index (χ3n) is 5.87. The van der Waals surface area contributed by atoms with Crippen LogP contribution in [0.1, 0.15) is 36.8 Å². The molecule has 0 aromatic heterocycles. The Morgan fingerprint density at radius 3 is 2.52 bits per heavy atom. The molecule has 1 saturated heterocycles. The minimum Gasteiger partial charge on any atom is -0.497 e. The Morgan fingerprint density at radius 1 is 1.06 bits per heavy atom. The molecule has 6 nitrogen and oxygen atoms in total. The van der Waals surface area contributed by atoms with Crippen LogP contribution in [0.3, 0.4) is 0 Å². The van der Waals surface area contributed by atoms with Crippen molar-refractivity contribution in [3.05, 3.63) is 59.7 Å². The first kappa shape index (κ1) is 22.7. The first-order chi connectivity index (χ1) is 15.1. The molecule has 0 aliphatic carbocycles. The molecule has 1 heterocycles. The third-order valence-corrected chi connectivity index (χ3v) is 5.87. The molecule has 0 spiro atoms. The van der Waals surface area contributed by atoms with E-state index in [2.05, 4.69) is 12.2 Å². The van der Waals surface area contributed by atoms with Crippen LogP contribution in [-0.2, 0) is 16.0 Å². The Bertz CT molecular complexity index is 884. The zero-order chi connectivity index (χ0) is 22.2. The molecule has 1 fully saturated rings. The van der Waals surface area contributed by atoms with Crippen LogP contribution in [0.5, 0.6) is 11.5 Å². The van der Waals surface area contributed by atoms with E-state index in [4.69, 9.17) is 9.47 Å². The molecule has 166 valence electrons. The van der Waals surface area contributed by atoms with E-state index in [9.17, 15) is 9.59 Å². The van der Waals surface area contributed by atoms with Crippen molar-refractivity contribution in [3.8, 4) is 11.5 Å². The van der Waals surface area contributed by atoms with Crippen LogP contribution in [0, 0.1) is 5.92 Å². The molecule has 1 aliphatic heterocycles. The molecule has 31 heavy (non-hydrogen) atoms. The van der Waals surface area contributed by atoms with Crippen molar-refractivity contribution in [3.63, 3.8) is 0 Å². The van der Waals surface area contributed by atoms with Crippen LogP contribution in [0.15, 0.2) is 48.5 Å². The van der Waals surface area contributed by atoms with Gasteiger partial charge in [-0.05, 0) is 30.2 Å². The highest BCUT2D eigenvalue weighted by Gasteiger charge is 2.41. The average molecular weight is 425 g/mol. The fourth-order valence-electron chi connectivity index (χ4n) is 4.12. The summed E-state index contributed by atoms with van der Waals surface area (Å²) < 4.78 is 11.0. The van der Waals surface area contributed by atoms with Crippen molar-refractivity contribution in [2.24, 2.45) is 5.92 Å². The second-order valence-electron chi connectivity index (χ2n) is 7.93. The second kappa shape index (κ2) is 10.8. The maximum absolute atomic E-state index is 13.1. The smallest absolute Gasteiger partial charge is 0.227 e. The number of methoxy groups -OCH3 is 2. The van der Waals surface area contributed by atoms with Gasteiger partial charge in [-0.3, -0.25) is 9.59 Å². The lowest BCUT2D eigenvalue weighted by Gasteiger charge is -2.21. The maximum atomic E-state index is 13.1. The molecule has 6 heteroatoms. The molecule has 0 unspecified atom stereocenters. The van der Waals surface area contributed by atoms with Gasteiger partial charge < -0.3 is 19.7 Å². The summed E-state index contributed by atoms with van der Waals surface area (Å²) in [6.07, 6.45) is 2.27. The number of ether oxygens (including phenoxy) is 2. The third kappa shape index (κ3) is 5.57. The number of hydrogen-bond donors (Lipinski definition) is 1.